The molecule has 0 radical (unpaired) electrons. The van der Waals surface area contributed by atoms with Crippen molar-refractivity contribution in [2.24, 2.45) is 0 Å². The van der Waals surface area contributed by atoms with E-state index in [1.807, 2.05) is 0 Å². The summed E-state index contributed by atoms with van der Waals surface area (Å²) < 4.78 is 14.3. The van der Waals surface area contributed by atoms with Crippen LogP contribution in [0.25, 0.3) is 265 Å². The summed E-state index contributed by atoms with van der Waals surface area (Å²) in [5.74, 6) is 0. The number of rotatable bonds is 15. The molecule has 0 spiro atoms. The van der Waals surface area contributed by atoms with Crippen molar-refractivity contribution in [1.29, 1.82) is 0 Å². The Hall–Kier alpha value is -19.9. The zero-order valence-electron chi connectivity index (χ0n) is 82.1. The number of para-hydroxylation sites is 8. The first-order chi connectivity index (χ1) is 74.4. The predicted octanol–water partition coefficient (Wildman–Crippen LogP) is 38.6. The van der Waals surface area contributed by atoms with Crippen molar-refractivity contribution in [3.05, 3.63) is 582 Å². The molecule has 0 unspecified atom stereocenters. The Kier molecular flexibility index (Phi) is 21.9. The largest absolute Gasteiger partial charge is 0.309 e. The molecule has 6 aromatic heterocycles. The molecule has 6 nitrogen and oxygen atoms in total. The highest BCUT2D eigenvalue weighted by Gasteiger charge is 2.24. The lowest BCUT2D eigenvalue weighted by Gasteiger charge is -2.11. The highest BCUT2D eigenvalue weighted by atomic mass is 15.0. The van der Waals surface area contributed by atoms with Crippen molar-refractivity contribution >= 4 is 131 Å². The predicted molar refractivity (Wildman–Crippen MR) is 634 cm³/mol. The van der Waals surface area contributed by atoms with E-state index in [2.05, 4.69) is 610 Å². The summed E-state index contributed by atoms with van der Waals surface area (Å²) in [6, 6.07) is 211. The van der Waals surface area contributed by atoms with Crippen LogP contribution < -0.4 is 0 Å². The van der Waals surface area contributed by atoms with Gasteiger partial charge in [-0.05, 0) is 288 Å². The van der Waals surface area contributed by atoms with Gasteiger partial charge in [0.25, 0.3) is 0 Å². The van der Waals surface area contributed by atoms with Gasteiger partial charge < -0.3 is 27.4 Å². The van der Waals surface area contributed by atoms with Gasteiger partial charge in [-0.15, -0.1) is 0 Å². The van der Waals surface area contributed by atoms with Crippen LogP contribution >= 0.6 is 0 Å². The first-order valence-electron chi connectivity index (χ1n) is 51.6. The fourth-order valence-electron chi connectivity index (χ4n) is 23.2. The van der Waals surface area contributed by atoms with Crippen molar-refractivity contribution in [2.75, 3.05) is 0 Å². The van der Waals surface area contributed by atoms with Gasteiger partial charge in [-0.3, -0.25) is 0 Å². The molecule has 0 aliphatic carbocycles. The molecular formula is C144H96N6. The van der Waals surface area contributed by atoms with E-state index in [4.69, 9.17) is 0 Å². The van der Waals surface area contributed by atoms with Crippen LogP contribution in [0.4, 0.5) is 0 Å². The second-order valence-corrected chi connectivity index (χ2v) is 39.0. The van der Waals surface area contributed by atoms with Gasteiger partial charge in [0.05, 0.1) is 66.2 Å². The Bertz CT molecular complexity index is 10200. The molecule has 0 fully saturated rings. The van der Waals surface area contributed by atoms with Crippen LogP contribution in [0.15, 0.2) is 582 Å². The maximum atomic E-state index is 2.40. The third-order valence-electron chi connectivity index (χ3n) is 30.4. The van der Waals surface area contributed by atoms with Crippen LogP contribution in [0.5, 0.6) is 0 Å². The highest BCUT2D eigenvalue weighted by Crippen LogP contribution is 2.46. The second-order valence-electron chi connectivity index (χ2n) is 39.0. The van der Waals surface area contributed by atoms with Gasteiger partial charge in [0, 0.05) is 98.8 Å². The monoisotopic (exact) mass is 1910 g/mol. The first-order valence-corrected chi connectivity index (χ1v) is 51.6. The van der Waals surface area contributed by atoms with Crippen LogP contribution in [-0.2, 0) is 0 Å². The van der Waals surface area contributed by atoms with Crippen molar-refractivity contribution < 1.29 is 0 Å². The van der Waals surface area contributed by atoms with Gasteiger partial charge in [0.1, 0.15) is 0 Å². The average molecular weight is 1910 g/mol. The molecule has 0 atom stereocenters. The fourth-order valence-corrected chi connectivity index (χ4v) is 23.2. The first kappa shape index (κ1) is 87.8. The maximum absolute atomic E-state index is 2.40. The van der Waals surface area contributed by atoms with E-state index in [0.717, 1.165) is 22.7 Å². The minimum Gasteiger partial charge on any atom is -0.309 e. The van der Waals surface area contributed by atoms with Crippen molar-refractivity contribution in [3.63, 3.8) is 0 Å². The number of hydrogen-bond acceptors (Lipinski definition) is 0. The van der Waals surface area contributed by atoms with E-state index in [1.54, 1.807) is 0 Å². The number of nitrogens with zero attached hydrogens (tertiary/aromatic N) is 6. The molecule has 0 aliphatic heterocycles. The quantitative estimate of drug-likeness (QED) is 0.0979. The van der Waals surface area contributed by atoms with Gasteiger partial charge >= 0.3 is 0 Å². The van der Waals surface area contributed by atoms with E-state index < -0.39 is 0 Å². The molecule has 0 N–H and O–H groups in total. The molecule has 0 aliphatic rings. The zero-order valence-corrected chi connectivity index (χ0v) is 82.1. The summed E-state index contributed by atoms with van der Waals surface area (Å²) in [5.41, 5.74) is 43.5. The molecule has 6 heteroatoms. The van der Waals surface area contributed by atoms with Crippen LogP contribution in [0, 0.1) is 0 Å². The van der Waals surface area contributed by atoms with Gasteiger partial charge in [-0.25, -0.2) is 0 Å². The normalized spacial score (nSPS) is 11.6. The Labute approximate surface area is 868 Å². The maximum Gasteiger partial charge on any atom is 0.0541 e. The Balaban J connectivity index is 0.000000108. The van der Waals surface area contributed by atoms with Crippen molar-refractivity contribution in [2.45, 2.75) is 0 Å². The molecule has 150 heavy (non-hydrogen) atoms. The molecule has 0 bridgehead atoms. The fraction of sp³-hybridized carbons (Fsp3) is 0. The minimum absolute atomic E-state index is 1.15. The number of fused-ring (bicyclic) bond motifs is 18. The molecule has 30 rings (SSSR count). The van der Waals surface area contributed by atoms with Gasteiger partial charge in [-0.1, -0.05) is 394 Å². The Morgan fingerprint density at radius 2 is 0.200 bits per heavy atom. The van der Waals surface area contributed by atoms with E-state index >= 15 is 0 Å². The molecular weight excluding hydrogens is 1810 g/mol. The van der Waals surface area contributed by atoms with Crippen molar-refractivity contribution in [1.82, 2.24) is 27.4 Å². The topological polar surface area (TPSA) is 29.6 Å². The van der Waals surface area contributed by atoms with Crippen LogP contribution in [0.3, 0.4) is 0 Å². The van der Waals surface area contributed by atoms with Crippen LogP contribution in [0.2, 0.25) is 0 Å². The highest BCUT2D eigenvalue weighted by molar-refractivity contribution is 6.17. The number of aromatic nitrogens is 6. The smallest absolute Gasteiger partial charge is 0.0541 e. The average Bonchev–Trinajstić information content (AvgIpc) is 1.59. The summed E-state index contributed by atoms with van der Waals surface area (Å²) in [6.07, 6.45) is 0. The van der Waals surface area contributed by atoms with Gasteiger partial charge in [0.15, 0.2) is 0 Å². The molecule has 0 saturated carbocycles. The lowest BCUT2D eigenvalue weighted by Crippen LogP contribution is -1.94. The summed E-state index contributed by atoms with van der Waals surface area (Å²) in [7, 11) is 0. The Morgan fingerprint density at radius 1 is 0.0733 bits per heavy atom. The lowest BCUT2D eigenvalue weighted by molar-refractivity contribution is 1.18. The SMILES string of the molecule is c1ccc(-c2ccc(-c3ccc(-n4c5ccccc5c5cc(-c6ccc7c(c6)c6ccccc6n7-c6ccccc6)ccc54)cc3)cc2)cc1.c1ccc(-c2ccc(-n3c4ccccc4c4cc(-c5ccc6c(c5)c5ccccc5n6-c5ccc(-c6ccccc6)cc5)ccc43)cc2)cc1.c1ccc(-c2cccc(-c3ccc(-n4c5ccccc5c5cc(-c6ccc7c(c6)c6ccccc6n7-c6ccccc6)ccc54)cc3)c2)cc1. The third-order valence-corrected chi connectivity index (χ3v) is 30.4. The summed E-state index contributed by atoms with van der Waals surface area (Å²) in [5, 5.41) is 15.1. The summed E-state index contributed by atoms with van der Waals surface area (Å²) >= 11 is 0. The van der Waals surface area contributed by atoms with Crippen molar-refractivity contribution in [3.8, 4) is 134 Å². The minimum atomic E-state index is 1.15. The number of benzene rings is 24. The Morgan fingerprint density at radius 3 is 0.407 bits per heavy atom. The molecule has 702 valence electrons. The number of hydrogen-bond donors (Lipinski definition) is 0. The van der Waals surface area contributed by atoms with E-state index in [0.29, 0.717) is 0 Å². The van der Waals surface area contributed by atoms with Gasteiger partial charge in [0.2, 0.25) is 0 Å². The molecule has 0 amide bonds. The standard InChI is InChI=1S/3C48H32N2/c1-3-12-33(13-4-1)35-14-11-15-36(30-35)34-22-26-40(27-23-34)50-46-21-10-8-19-42(46)44-32-38(25-29-48(44)50)37-24-28-47-43(31-37)41-18-7-9-20-45(41)49(47)39-16-5-2-6-17-39;1-3-11-33(12-4-1)35-19-25-39(26-20-35)49-45-17-9-7-15-41(45)43-31-37(23-29-47(43)49)38-24-30-48-44(32-38)42-16-8-10-18-46(42)50(48)40-27-21-36(22-28-40)34-13-5-2-6-14-34;1-3-11-33(12-4-1)34-19-21-35(22-20-34)36-23-27-40(28-24-36)50-46-18-10-8-16-42(46)44-32-38(26-30-48(44)50)37-25-29-47-43(31-37)41-15-7-9-17-45(41)49(47)39-13-5-2-6-14-39/h3*1-32H. The summed E-state index contributed by atoms with van der Waals surface area (Å²) in [4.78, 5) is 0. The summed E-state index contributed by atoms with van der Waals surface area (Å²) in [6.45, 7) is 0. The third kappa shape index (κ3) is 15.6. The second kappa shape index (κ2) is 37.4. The molecule has 24 aromatic carbocycles. The van der Waals surface area contributed by atoms with E-state index in [9.17, 15) is 0 Å². The van der Waals surface area contributed by atoms with Gasteiger partial charge in [-0.2, -0.15) is 0 Å². The molecule has 30 aromatic rings. The molecule has 6 heterocycles. The van der Waals surface area contributed by atoms with E-state index in [-0.39, 0.29) is 0 Å². The molecule has 0 saturated heterocycles. The van der Waals surface area contributed by atoms with Crippen LogP contribution in [-0.4, -0.2) is 27.4 Å². The lowest BCUT2D eigenvalue weighted by atomic mass is 9.99. The van der Waals surface area contributed by atoms with E-state index in [1.165, 1.54) is 242 Å². The van der Waals surface area contributed by atoms with Crippen LogP contribution in [0.1, 0.15) is 0 Å². The zero-order chi connectivity index (χ0) is 99.1.